The molecule has 1 unspecified atom stereocenters. The van der Waals surface area contributed by atoms with Gasteiger partial charge in [-0.1, -0.05) is 6.07 Å². The van der Waals surface area contributed by atoms with Crippen molar-refractivity contribution in [3.63, 3.8) is 0 Å². The number of H-pyrrole nitrogens is 1. The van der Waals surface area contributed by atoms with Crippen molar-refractivity contribution < 1.29 is 10.2 Å². The highest BCUT2D eigenvalue weighted by molar-refractivity contribution is 7.99. The Morgan fingerprint density at radius 2 is 2.04 bits per heavy atom. The van der Waals surface area contributed by atoms with Crippen LogP contribution in [0.15, 0.2) is 33.9 Å². The van der Waals surface area contributed by atoms with Gasteiger partial charge in [-0.2, -0.15) is 11.8 Å². The highest BCUT2D eigenvalue weighted by atomic mass is 32.2. The van der Waals surface area contributed by atoms with Gasteiger partial charge in [-0.25, -0.2) is 4.79 Å². The minimum Gasteiger partial charge on any atom is -0.394 e. The van der Waals surface area contributed by atoms with Crippen molar-refractivity contribution in [1.82, 2.24) is 9.55 Å². The molecular formula is C18H23N3O4S. The van der Waals surface area contributed by atoms with Crippen LogP contribution in [-0.2, 0) is 19.4 Å². The molecule has 0 aliphatic heterocycles. The van der Waals surface area contributed by atoms with Crippen LogP contribution < -0.4 is 16.6 Å². The SMILES string of the molecule is O=c1cc(Nc2ccc3c(c2)CCC3)[nH]c(=O)n1CCSCC(O)CO. The Labute approximate surface area is 155 Å². The number of hydrogen-bond donors (Lipinski definition) is 4. The van der Waals surface area contributed by atoms with Crippen LogP contribution in [0.4, 0.5) is 11.5 Å². The molecular weight excluding hydrogens is 354 g/mol. The van der Waals surface area contributed by atoms with Gasteiger partial charge in [0.2, 0.25) is 0 Å². The zero-order valence-electron chi connectivity index (χ0n) is 14.4. The first-order chi connectivity index (χ1) is 12.6. The second-order valence-corrected chi connectivity index (χ2v) is 7.50. The number of aromatic nitrogens is 2. The second kappa shape index (κ2) is 8.57. The average molecular weight is 377 g/mol. The zero-order valence-corrected chi connectivity index (χ0v) is 15.2. The quantitative estimate of drug-likeness (QED) is 0.508. The van der Waals surface area contributed by atoms with Crippen molar-refractivity contribution in [1.29, 1.82) is 0 Å². The molecule has 2 aromatic rings. The van der Waals surface area contributed by atoms with Crippen LogP contribution in [0.2, 0.25) is 0 Å². The maximum absolute atomic E-state index is 12.2. The molecule has 1 aromatic carbocycles. The van der Waals surface area contributed by atoms with E-state index in [0.717, 1.165) is 23.1 Å². The topological polar surface area (TPSA) is 107 Å². The smallest absolute Gasteiger partial charge is 0.329 e. The number of aliphatic hydroxyl groups excluding tert-OH is 2. The molecule has 26 heavy (non-hydrogen) atoms. The minimum atomic E-state index is -0.783. The lowest BCUT2D eigenvalue weighted by Gasteiger charge is -2.10. The van der Waals surface area contributed by atoms with Crippen LogP contribution in [0.25, 0.3) is 0 Å². The molecule has 1 heterocycles. The van der Waals surface area contributed by atoms with E-state index >= 15 is 0 Å². The summed E-state index contributed by atoms with van der Waals surface area (Å²) in [5.41, 5.74) is 2.69. The Bertz CT molecular complexity index is 846. The predicted molar refractivity (Wildman–Crippen MR) is 103 cm³/mol. The molecule has 0 radical (unpaired) electrons. The van der Waals surface area contributed by atoms with Gasteiger partial charge in [0.1, 0.15) is 5.82 Å². The van der Waals surface area contributed by atoms with E-state index in [4.69, 9.17) is 5.11 Å². The Kier molecular flexibility index (Phi) is 6.18. The number of nitrogens with one attached hydrogen (secondary N) is 2. The first-order valence-electron chi connectivity index (χ1n) is 8.66. The fourth-order valence-corrected chi connectivity index (χ4v) is 3.89. The first kappa shape index (κ1) is 18.8. The number of aryl methyl sites for hydroxylation is 2. The van der Waals surface area contributed by atoms with Gasteiger partial charge in [0.05, 0.1) is 12.7 Å². The molecule has 0 spiro atoms. The van der Waals surface area contributed by atoms with E-state index in [0.29, 0.717) is 17.3 Å². The number of hydrogen-bond acceptors (Lipinski definition) is 6. The van der Waals surface area contributed by atoms with Crippen molar-refractivity contribution in [3.05, 3.63) is 56.2 Å². The number of benzene rings is 1. The highest BCUT2D eigenvalue weighted by Gasteiger charge is 2.11. The third-order valence-electron chi connectivity index (χ3n) is 4.38. The van der Waals surface area contributed by atoms with Crippen molar-refractivity contribution in [2.24, 2.45) is 0 Å². The Morgan fingerprint density at radius 1 is 1.23 bits per heavy atom. The fourth-order valence-electron chi connectivity index (χ4n) is 3.03. The lowest BCUT2D eigenvalue weighted by molar-refractivity contribution is 0.113. The van der Waals surface area contributed by atoms with Gasteiger partial charge in [0.15, 0.2) is 0 Å². The number of nitrogens with zero attached hydrogens (tertiary/aromatic N) is 1. The summed E-state index contributed by atoms with van der Waals surface area (Å²) < 4.78 is 1.13. The van der Waals surface area contributed by atoms with Crippen molar-refractivity contribution in [2.45, 2.75) is 31.9 Å². The molecule has 1 aliphatic carbocycles. The summed E-state index contributed by atoms with van der Waals surface area (Å²) in [4.78, 5) is 27.1. The molecule has 8 heteroatoms. The fraction of sp³-hybridized carbons (Fsp3) is 0.444. The van der Waals surface area contributed by atoms with Gasteiger partial charge in [0, 0.05) is 29.8 Å². The van der Waals surface area contributed by atoms with E-state index in [1.165, 1.54) is 35.4 Å². The van der Waals surface area contributed by atoms with E-state index in [1.54, 1.807) is 0 Å². The summed E-state index contributed by atoms with van der Waals surface area (Å²) in [6, 6.07) is 7.48. The van der Waals surface area contributed by atoms with Crippen LogP contribution in [0.3, 0.4) is 0 Å². The monoisotopic (exact) mass is 377 g/mol. The predicted octanol–water partition coefficient (Wildman–Crippen LogP) is 0.855. The Morgan fingerprint density at radius 3 is 2.81 bits per heavy atom. The molecule has 0 bridgehead atoms. The summed E-state index contributed by atoms with van der Waals surface area (Å²) in [6.07, 6.45) is 2.55. The molecule has 1 aliphatic rings. The van der Waals surface area contributed by atoms with Crippen molar-refractivity contribution in [2.75, 3.05) is 23.4 Å². The lowest BCUT2D eigenvalue weighted by Crippen LogP contribution is -2.35. The Balaban J connectivity index is 1.65. The maximum atomic E-state index is 12.2. The number of rotatable bonds is 8. The van der Waals surface area contributed by atoms with Crippen LogP contribution >= 0.6 is 11.8 Å². The summed E-state index contributed by atoms with van der Waals surface area (Å²) in [7, 11) is 0. The lowest BCUT2D eigenvalue weighted by atomic mass is 10.1. The second-order valence-electron chi connectivity index (χ2n) is 6.35. The minimum absolute atomic E-state index is 0.246. The Hall–Kier alpha value is -2.03. The van der Waals surface area contributed by atoms with Crippen LogP contribution in [0.5, 0.6) is 0 Å². The van der Waals surface area contributed by atoms with Crippen LogP contribution in [0.1, 0.15) is 17.5 Å². The van der Waals surface area contributed by atoms with E-state index in [9.17, 15) is 14.7 Å². The molecule has 0 amide bonds. The van der Waals surface area contributed by atoms with E-state index < -0.39 is 11.8 Å². The van der Waals surface area contributed by atoms with E-state index in [1.807, 2.05) is 6.07 Å². The molecule has 0 saturated heterocycles. The number of anilines is 2. The van der Waals surface area contributed by atoms with Gasteiger partial charge < -0.3 is 15.5 Å². The van der Waals surface area contributed by atoms with E-state index in [-0.39, 0.29) is 18.7 Å². The van der Waals surface area contributed by atoms with Gasteiger partial charge >= 0.3 is 5.69 Å². The molecule has 0 saturated carbocycles. The van der Waals surface area contributed by atoms with Crippen LogP contribution in [0, 0.1) is 0 Å². The number of thioether (sulfide) groups is 1. The molecule has 0 fully saturated rings. The van der Waals surface area contributed by atoms with Crippen LogP contribution in [-0.4, -0.2) is 44.0 Å². The summed E-state index contributed by atoms with van der Waals surface area (Å²) in [5.74, 6) is 1.23. The molecule has 7 nitrogen and oxygen atoms in total. The largest absolute Gasteiger partial charge is 0.394 e. The molecule has 1 atom stereocenters. The average Bonchev–Trinajstić information content (AvgIpc) is 3.08. The standard InChI is InChI=1S/C18H23N3O4S/c22-10-15(23)11-26-7-6-21-17(24)9-16(20-18(21)25)19-14-5-4-12-2-1-3-13(12)8-14/h4-5,8-9,15,19,22-23H,1-3,6-7,10-11H2,(H,20,25). The van der Waals surface area contributed by atoms with Gasteiger partial charge in [-0.3, -0.25) is 14.3 Å². The number of fused-ring (bicyclic) bond motifs is 1. The zero-order chi connectivity index (χ0) is 18.5. The number of aliphatic hydroxyl groups is 2. The summed E-state index contributed by atoms with van der Waals surface area (Å²) in [5, 5.41) is 21.1. The normalized spacial score (nSPS) is 14.2. The third-order valence-corrected chi connectivity index (χ3v) is 5.47. The van der Waals surface area contributed by atoms with Gasteiger partial charge in [0.25, 0.3) is 5.56 Å². The number of aromatic amines is 1. The van der Waals surface area contributed by atoms with Gasteiger partial charge in [-0.15, -0.1) is 0 Å². The first-order valence-corrected chi connectivity index (χ1v) is 9.82. The summed E-state index contributed by atoms with van der Waals surface area (Å²) in [6.45, 7) is -0.0489. The van der Waals surface area contributed by atoms with Crippen molar-refractivity contribution in [3.8, 4) is 0 Å². The van der Waals surface area contributed by atoms with Gasteiger partial charge in [-0.05, 0) is 42.5 Å². The third kappa shape index (κ3) is 4.57. The molecule has 1 aromatic heterocycles. The van der Waals surface area contributed by atoms with E-state index in [2.05, 4.69) is 22.4 Å². The van der Waals surface area contributed by atoms with Crippen molar-refractivity contribution >= 4 is 23.3 Å². The molecule has 4 N–H and O–H groups in total. The maximum Gasteiger partial charge on any atom is 0.329 e. The molecule has 3 rings (SSSR count). The summed E-state index contributed by atoms with van der Waals surface area (Å²) >= 11 is 1.38. The highest BCUT2D eigenvalue weighted by Crippen LogP contribution is 2.25. The molecule has 140 valence electrons.